The Bertz CT molecular complexity index is 972. The minimum absolute atomic E-state index is 0.0726. The van der Waals surface area contributed by atoms with Crippen LogP contribution in [0.2, 0.25) is 0 Å². The topological polar surface area (TPSA) is 168 Å². The Morgan fingerprint density at radius 3 is 2.16 bits per heavy atom. The summed E-state index contributed by atoms with van der Waals surface area (Å²) in [7, 11) is -4.45. The molecule has 0 saturated heterocycles. The first-order valence-electron chi connectivity index (χ1n) is 6.47. The molecule has 2 aromatic carbocycles. The van der Waals surface area contributed by atoms with E-state index in [1.807, 2.05) is 0 Å². The molecule has 12 heteroatoms. The number of benzene rings is 2. The minimum atomic E-state index is -4.45. The number of amidine groups is 1. The fourth-order valence-corrected chi connectivity index (χ4v) is 2.49. The smallest absolute Gasteiger partial charge is 0.358 e. The molecule has 0 spiro atoms. The first-order chi connectivity index (χ1) is 11.7. The number of nitro groups is 2. The van der Waals surface area contributed by atoms with Gasteiger partial charge in [-0.05, 0) is 11.2 Å². The molecule has 0 atom stereocenters. The predicted molar refractivity (Wildman–Crippen MR) is 85.2 cm³/mol. The quantitative estimate of drug-likeness (QED) is 0.347. The molecule has 2 N–H and O–H groups in total. The van der Waals surface area contributed by atoms with E-state index in [0.717, 1.165) is 24.3 Å². The zero-order valence-corrected chi connectivity index (χ0v) is 13.1. The summed E-state index contributed by atoms with van der Waals surface area (Å²) in [5.74, 6) is -0.419. The van der Waals surface area contributed by atoms with E-state index >= 15 is 0 Å². The van der Waals surface area contributed by atoms with Gasteiger partial charge in [0.2, 0.25) is 0 Å². The first-order valence-corrected chi connectivity index (χ1v) is 7.88. The van der Waals surface area contributed by atoms with Crippen LogP contribution >= 0.6 is 0 Å². The largest absolute Gasteiger partial charge is 0.380 e. The summed E-state index contributed by atoms with van der Waals surface area (Å²) < 4.78 is 28.4. The highest BCUT2D eigenvalue weighted by molar-refractivity contribution is 7.86. The van der Waals surface area contributed by atoms with Gasteiger partial charge in [-0.15, -0.1) is 0 Å². The number of rotatable bonds is 6. The molecule has 130 valence electrons. The van der Waals surface area contributed by atoms with Crippen LogP contribution in [0.15, 0.2) is 58.6 Å². The van der Waals surface area contributed by atoms with Crippen LogP contribution in [0, 0.1) is 20.2 Å². The minimum Gasteiger partial charge on any atom is -0.380 e. The lowest BCUT2D eigenvalue weighted by molar-refractivity contribution is -0.385. The van der Waals surface area contributed by atoms with E-state index in [4.69, 9.17) is 5.73 Å². The SMILES string of the molecule is N/C(=N/OS(=O)(=O)c1cccc([N+](=O)[O-])c1)c1cccc([N+](=O)[O-])c1. The van der Waals surface area contributed by atoms with E-state index in [9.17, 15) is 28.6 Å². The lowest BCUT2D eigenvalue weighted by Gasteiger charge is -2.03. The second kappa shape index (κ2) is 6.92. The van der Waals surface area contributed by atoms with E-state index in [1.165, 1.54) is 24.3 Å². The lowest BCUT2D eigenvalue weighted by Crippen LogP contribution is -2.15. The van der Waals surface area contributed by atoms with Crippen molar-refractivity contribution in [1.29, 1.82) is 0 Å². The molecule has 0 saturated carbocycles. The highest BCUT2D eigenvalue weighted by Gasteiger charge is 2.20. The first kappa shape index (κ1) is 17.8. The van der Waals surface area contributed by atoms with Gasteiger partial charge in [-0.3, -0.25) is 24.5 Å². The van der Waals surface area contributed by atoms with Gasteiger partial charge in [0.25, 0.3) is 11.4 Å². The molecule has 2 aromatic rings. The van der Waals surface area contributed by atoms with Gasteiger partial charge < -0.3 is 5.73 Å². The number of oxime groups is 1. The van der Waals surface area contributed by atoms with Gasteiger partial charge in [0.05, 0.1) is 9.85 Å². The highest BCUT2D eigenvalue weighted by Crippen LogP contribution is 2.19. The molecule has 0 fully saturated rings. The number of nitrogens with zero attached hydrogens (tertiary/aromatic N) is 3. The monoisotopic (exact) mass is 366 g/mol. The lowest BCUT2D eigenvalue weighted by atomic mass is 10.2. The standard InChI is InChI=1S/C13H10N4O7S/c14-13(9-3-1-4-10(7-9)16(18)19)15-24-25(22,23)12-6-2-5-11(8-12)17(20)21/h1-8H,(H2,14,15). The van der Waals surface area contributed by atoms with Crippen molar-refractivity contribution in [3.63, 3.8) is 0 Å². The molecular formula is C13H10N4O7S. The Morgan fingerprint density at radius 1 is 1.00 bits per heavy atom. The van der Waals surface area contributed by atoms with Gasteiger partial charge in [-0.1, -0.05) is 18.2 Å². The zero-order chi connectivity index (χ0) is 18.6. The maximum absolute atomic E-state index is 12.0. The fraction of sp³-hybridized carbons (Fsp3) is 0. The van der Waals surface area contributed by atoms with E-state index in [-0.39, 0.29) is 11.3 Å². The maximum atomic E-state index is 12.0. The summed E-state index contributed by atoms with van der Waals surface area (Å²) >= 11 is 0. The third-order valence-corrected chi connectivity index (χ3v) is 4.01. The van der Waals surface area contributed by atoms with Gasteiger partial charge in [0.15, 0.2) is 5.84 Å². The van der Waals surface area contributed by atoms with Crippen molar-refractivity contribution in [3.8, 4) is 0 Å². The Morgan fingerprint density at radius 2 is 1.56 bits per heavy atom. The summed E-state index contributed by atoms with van der Waals surface area (Å²) in [6.45, 7) is 0. The molecular weight excluding hydrogens is 356 g/mol. The molecule has 0 aromatic heterocycles. The molecule has 0 amide bonds. The summed E-state index contributed by atoms with van der Waals surface area (Å²) in [5, 5.41) is 24.6. The molecule has 0 bridgehead atoms. The number of non-ortho nitro benzene ring substituents is 2. The van der Waals surface area contributed by atoms with Crippen LogP contribution in [0.3, 0.4) is 0 Å². The van der Waals surface area contributed by atoms with Crippen molar-refractivity contribution in [3.05, 3.63) is 74.3 Å². The van der Waals surface area contributed by atoms with Crippen molar-refractivity contribution in [1.82, 2.24) is 0 Å². The maximum Gasteiger partial charge on any atom is 0.358 e. The van der Waals surface area contributed by atoms with Crippen LogP contribution in [0.5, 0.6) is 0 Å². The number of hydrogen-bond donors (Lipinski definition) is 1. The second-order valence-corrected chi connectivity index (χ2v) is 6.10. The van der Waals surface area contributed by atoms with Crippen molar-refractivity contribution in [2.45, 2.75) is 4.90 Å². The van der Waals surface area contributed by atoms with Crippen molar-refractivity contribution < 1.29 is 22.5 Å². The summed E-state index contributed by atoms with van der Waals surface area (Å²) in [6, 6.07) is 9.18. The molecule has 25 heavy (non-hydrogen) atoms. The van der Waals surface area contributed by atoms with Crippen molar-refractivity contribution in [2.75, 3.05) is 0 Å². The number of hydrogen-bond acceptors (Lipinski definition) is 8. The molecule has 11 nitrogen and oxygen atoms in total. The zero-order valence-electron chi connectivity index (χ0n) is 12.3. The Balaban J connectivity index is 2.27. The normalized spacial score (nSPS) is 11.8. The molecule has 0 aliphatic rings. The van der Waals surface area contributed by atoms with Crippen LogP contribution in [0.1, 0.15) is 5.56 Å². The average molecular weight is 366 g/mol. The summed E-state index contributed by atoms with van der Waals surface area (Å²) in [6.07, 6.45) is 0. The van der Waals surface area contributed by atoms with Crippen LogP contribution in [-0.4, -0.2) is 24.1 Å². The third-order valence-electron chi connectivity index (χ3n) is 2.90. The summed E-state index contributed by atoms with van der Waals surface area (Å²) in [4.78, 5) is 19.5. The van der Waals surface area contributed by atoms with Gasteiger partial charge >= 0.3 is 10.1 Å². The van der Waals surface area contributed by atoms with Gasteiger partial charge in [0.1, 0.15) is 4.90 Å². The summed E-state index contributed by atoms with van der Waals surface area (Å²) in [5.41, 5.74) is 4.92. The number of nitro benzene ring substituents is 2. The van der Waals surface area contributed by atoms with E-state index in [1.54, 1.807) is 0 Å². The van der Waals surface area contributed by atoms with Crippen LogP contribution in [0.4, 0.5) is 11.4 Å². The molecule has 0 aliphatic heterocycles. The third kappa shape index (κ3) is 4.26. The van der Waals surface area contributed by atoms with Gasteiger partial charge in [-0.25, -0.2) is 0 Å². The molecule has 0 radical (unpaired) electrons. The van der Waals surface area contributed by atoms with E-state index < -0.39 is 36.4 Å². The Kier molecular flexibility index (Phi) is 4.93. The molecule has 0 heterocycles. The van der Waals surface area contributed by atoms with Crippen LogP contribution < -0.4 is 5.73 Å². The van der Waals surface area contributed by atoms with E-state index in [2.05, 4.69) is 9.44 Å². The highest BCUT2D eigenvalue weighted by atomic mass is 32.2. The van der Waals surface area contributed by atoms with Crippen molar-refractivity contribution in [2.24, 2.45) is 10.9 Å². The van der Waals surface area contributed by atoms with Crippen molar-refractivity contribution >= 4 is 27.3 Å². The van der Waals surface area contributed by atoms with E-state index in [0.29, 0.717) is 0 Å². The van der Waals surface area contributed by atoms with Gasteiger partial charge in [-0.2, -0.15) is 8.42 Å². The average Bonchev–Trinajstić information content (AvgIpc) is 2.60. The van der Waals surface area contributed by atoms with Gasteiger partial charge in [0, 0.05) is 29.8 Å². The molecule has 0 aliphatic carbocycles. The Labute approximate surface area is 140 Å². The predicted octanol–water partition coefficient (Wildman–Crippen LogP) is 1.53. The molecule has 2 rings (SSSR count). The number of nitrogens with two attached hydrogens (primary N) is 1. The molecule has 0 unspecified atom stereocenters. The Hall–Kier alpha value is -3.54. The second-order valence-electron chi connectivity index (χ2n) is 4.57. The van der Waals surface area contributed by atoms with Crippen LogP contribution in [0.25, 0.3) is 0 Å². The fourth-order valence-electron chi connectivity index (χ4n) is 1.72. The van der Waals surface area contributed by atoms with Crippen LogP contribution in [-0.2, 0) is 14.4 Å².